The van der Waals surface area contributed by atoms with Crippen LogP contribution >= 0.6 is 0 Å². The molecule has 1 aromatic rings. The molecule has 25 heavy (non-hydrogen) atoms. The SMILES string of the molecule is CC=C1C2C=C(C)CC1(NC(=O)C1CCCN1)c1ccc(=O)[nH]c1C2. The average molecular weight is 339 g/mol. The Labute approximate surface area is 147 Å². The lowest BCUT2D eigenvalue weighted by atomic mass is 9.63. The molecule has 2 aliphatic carbocycles. The fourth-order valence-corrected chi connectivity index (χ4v) is 4.90. The predicted octanol–water partition coefficient (Wildman–Crippen LogP) is 1.91. The number of hydrogen-bond acceptors (Lipinski definition) is 3. The third kappa shape index (κ3) is 2.58. The monoisotopic (exact) mass is 339 g/mol. The number of carbonyl (C=O) groups is 1. The van der Waals surface area contributed by atoms with Crippen molar-refractivity contribution in [2.24, 2.45) is 5.92 Å². The lowest BCUT2D eigenvalue weighted by Gasteiger charge is -2.48. The van der Waals surface area contributed by atoms with Crippen LogP contribution in [-0.2, 0) is 16.8 Å². The second kappa shape index (κ2) is 5.99. The first-order chi connectivity index (χ1) is 12.0. The van der Waals surface area contributed by atoms with E-state index < -0.39 is 5.54 Å². The number of aromatic nitrogens is 1. The van der Waals surface area contributed by atoms with E-state index in [2.05, 4.69) is 34.7 Å². The zero-order chi connectivity index (χ0) is 17.6. The molecule has 1 aromatic heterocycles. The number of H-pyrrole nitrogens is 1. The molecule has 5 heteroatoms. The average Bonchev–Trinajstić information content (AvgIpc) is 3.08. The van der Waals surface area contributed by atoms with Gasteiger partial charge in [0.05, 0.1) is 11.6 Å². The Kier molecular flexibility index (Phi) is 3.91. The summed E-state index contributed by atoms with van der Waals surface area (Å²) >= 11 is 0. The number of hydrogen-bond donors (Lipinski definition) is 3. The summed E-state index contributed by atoms with van der Waals surface area (Å²) in [6, 6.07) is 3.35. The normalized spacial score (nSPS) is 32.2. The van der Waals surface area contributed by atoms with Crippen LogP contribution in [-0.4, -0.2) is 23.5 Å². The molecule has 3 N–H and O–H groups in total. The van der Waals surface area contributed by atoms with E-state index in [1.54, 1.807) is 6.07 Å². The Balaban J connectivity index is 1.84. The Morgan fingerprint density at radius 2 is 2.24 bits per heavy atom. The van der Waals surface area contributed by atoms with E-state index >= 15 is 0 Å². The molecule has 132 valence electrons. The van der Waals surface area contributed by atoms with Gasteiger partial charge < -0.3 is 15.6 Å². The minimum absolute atomic E-state index is 0.0596. The van der Waals surface area contributed by atoms with Crippen LogP contribution in [0.2, 0.25) is 0 Å². The molecular weight excluding hydrogens is 314 g/mol. The highest BCUT2D eigenvalue weighted by atomic mass is 16.2. The number of pyridine rings is 1. The smallest absolute Gasteiger partial charge is 0.248 e. The van der Waals surface area contributed by atoms with E-state index in [4.69, 9.17) is 0 Å². The molecule has 1 fully saturated rings. The lowest BCUT2D eigenvalue weighted by molar-refractivity contribution is -0.124. The third-order valence-electron chi connectivity index (χ3n) is 5.83. The highest BCUT2D eigenvalue weighted by Crippen LogP contribution is 2.49. The number of aromatic amines is 1. The van der Waals surface area contributed by atoms with Gasteiger partial charge in [0.25, 0.3) is 0 Å². The van der Waals surface area contributed by atoms with Gasteiger partial charge >= 0.3 is 0 Å². The summed E-state index contributed by atoms with van der Waals surface area (Å²) in [4.78, 5) is 27.8. The van der Waals surface area contributed by atoms with Gasteiger partial charge in [-0.15, -0.1) is 0 Å². The van der Waals surface area contributed by atoms with E-state index in [1.165, 1.54) is 11.1 Å². The van der Waals surface area contributed by atoms with Gasteiger partial charge in [-0.25, -0.2) is 0 Å². The maximum atomic E-state index is 13.0. The molecular formula is C20H25N3O2. The topological polar surface area (TPSA) is 74.0 Å². The van der Waals surface area contributed by atoms with E-state index in [0.29, 0.717) is 0 Å². The third-order valence-corrected chi connectivity index (χ3v) is 5.83. The molecule has 0 saturated carbocycles. The van der Waals surface area contributed by atoms with Gasteiger partial charge in [0.15, 0.2) is 0 Å². The van der Waals surface area contributed by atoms with Crippen molar-refractivity contribution in [2.75, 3.05) is 6.54 Å². The Hall–Kier alpha value is -2.14. The Morgan fingerprint density at radius 1 is 1.40 bits per heavy atom. The van der Waals surface area contributed by atoms with Crippen molar-refractivity contribution in [3.63, 3.8) is 0 Å². The second-order valence-electron chi connectivity index (χ2n) is 7.50. The van der Waals surface area contributed by atoms with Crippen molar-refractivity contribution in [1.82, 2.24) is 15.6 Å². The van der Waals surface area contributed by atoms with Gasteiger partial charge in [0.2, 0.25) is 11.5 Å². The maximum Gasteiger partial charge on any atom is 0.248 e. The van der Waals surface area contributed by atoms with Crippen LogP contribution < -0.4 is 16.2 Å². The molecule has 0 aromatic carbocycles. The molecule has 2 heterocycles. The van der Waals surface area contributed by atoms with Crippen LogP contribution in [0, 0.1) is 5.92 Å². The predicted molar refractivity (Wildman–Crippen MR) is 97.2 cm³/mol. The van der Waals surface area contributed by atoms with Gasteiger partial charge in [0, 0.05) is 23.2 Å². The highest BCUT2D eigenvalue weighted by molar-refractivity contribution is 5.84. The zero-order valence-electron chi connectivity index (χ0n) is 14.8. The standard InChI is InChI=1S/C20H25N3O2/c1-3-14-13-9-12(2)11-20(14,23-19(25)16-5-4-8-21-16)15-6-7-18(24)22-17(15)10-13/h3,6-7,9,13,16,21H,4-5,8,10-11H2,1-2H3,(H,22,24)(H,23,25). The number of allylic oxidation sites excluding steroid dienone is 2. The van der Waals surface area contributed by atoms with Crippen LogP contribution in [0.3, 0.4) is 0 Å². The molecule has 0 spiro atoms. The summed E-state index contributed by atoms with van der Waals surface area (Å²) in [5.74, 6) is 0.283. The molecule has 1 aliphatic heterocycles. The number of nitrogens with one attached hydrogen (secondary N) is 3. The highest BCUT2D eigenvalue weighted by Gasteiger charge is 2.48. The Bertz CT molecular complexity index is 830. The van der Waals surface area contributed by atoms with Crippen molar-refractivity contribution < 1.29 is 4.79 Å². The summed E-state index contributed by atoms with van der Waals surface area (Å²) in [7, 11) is 0. The summed E-state index contributed by atoms with van der Waals surface area (Å²) in [6.45, 7) is 5.07. The van der Waals surface area contributed by atoms with E-state index in [-0.39, 0.29) is 23.4 Å². The van der Waals surface area contributed by atoms with Crippen molar-refractivity contribution in [2.45, 2.75) is 51.1 Å². The van der Waals surface area contributed by atoms with Gasteiger partial charge in [0.1, 0.15) is 0 Å². The number of amides is 1. The van der Waals surface area contributed by atoms with Gasteiger partial charge in [-0.1, -0.05) is 17.7 Å². The first kappa shape index (κ1) is 16.3. The van der Waals surface area contributed by atoms with Crippen molar-refractivity contribution in [3.8, 4) is 0 Å². The van der Waals surface area contributed by atoms with Gasteiger partial charge in [-0.3, -0.25) is 9.59 Å². The van der Waals surface area contributed by atoms with Crippen molar-refractivity contribution in [1.29, 1.82) is 0 Å². The van der Waals surface area contributed by atoms with Crippen LogP contribution in [0.5, 0.6) is 0 Å². The van der Waals surface area contributed by atoms with Crippen LogP contribution in [0.1, 0.15) is 44.4 Å². The Morgan fingerprint density at radius 3 is 2.96 bits per heavy atom. The van der Waals surface area contributed by atoms with Crippen LogP contribution in [0.15, 0.2) is 40.2 Å². The second-order valence-corrected chi connectivity index (χ2v) is 7.50. The van der Waals surface area contributed by atoms with Gasteiger partial charge in [-0.05, 0) is 57.7 Å². The first-order valence-corrected chi connectivity index (χ1v) is 9.15. The molecule has 0 radical (unpaired) electrons. The molecule has 3 atom stereocenters. The molecule has 1 amide bonds. The van der Waals surface area contributed by atoms with Crippen molar-refractivity contribution in [3.05, 3.63) is 57.0 Å². The number of fused-ring (bicyclic) bond motifs is 4. The maximum absolute atomic E-state index is 13.0. The van der Waals surface area contributed by atoms with Gasteiger partial charge in [-0.2, -0.15) is 0 Å². The molecule has 3 unspecified atom stereocenters. The van der Waals surface area contributed by atoms with Crippen molar-refractivity contribution >= 4 is 5.91 Å². The minimum atomic E-state index is -0.544. The number of rotatable bonds is 2. The molecule has 1 saturated heterocycles. The molecule has 5 nitrogen and oxygen atoms in total. The number of carbonyl (C=O) groups excluding carboxylic acids is 1. The quantitative estimate of drug-likeness (QED) is 0.721. The largest absolute Gasteiger partial charge is 0.341 e. The van der Waals surface area contributed by atoms with Crippen LogP contribution in [0.4, 0.5) is 0 Å². The molecule has 3 aliphatic rings. The zero-order valence-corrected chi connectivity index (χ0v) is 14.8. The molecule has 4 rings (SSSR count). The summed E-state index contributed by atoms with van der Waals surface area (Å²) in [5.41, 5.74) is 3.88. The fraction of sp³-hybridized carbons (Fsp3) is 0.500. The first-order valence-electron chi connectivity index (χ1n) is 9.15. The lowest BCUT2D eigenvalue weighted by Crippen LogP contribution is -2.57. The van der Waals surface area contributed by atoms with E-state index in [1.807, 2.05) is 13.0 Å². The fourth-order valence-electron chi connectivity index (χ4n) is 4.90. The van der Waals surface area contributed by atoms with E-state index in [0.717, 1.165) is 43.5 Å². The van der Waals surface area contributed by atoms with E-state index in [9.17, 15) is 9.59 Å². The summed E-state index contributed by atoms with van der Waals surface area (Å²) in [5, 5.41) is 6.67. The summed E-state index contributed by atoms with van der Waals surface area (Å²) in [6.07, 6.45) is 7.87. The molecule has 2 bridgehead atoms. The van der Waals surface area contributed by atoms with Crippen LogP contribution in [0.25, 0.3) is 0 Å². The summed E-state index contributed by atoms with van der Waals surface area (Å²) < 4.78 is 0. The minimum Gasteiger partial charge on any atom is -0.341 e.